The summed E-state index contributed by atoms with van der Waals surface area (Å²) in [6.07, 6.45) is 4.17. The summed E-state index contributed by atoms with van der Waals surface area (Å²) in [7, 11) is 4.64. The minimum atomic E-state index is -1.11. The molecule has 0 amide bonds. The summed E-state index contributed by atoms with van der Waals surface area (Å²) in [6.45, 7) is 0.00445. The number of aromatic nitrogens is 2. The molecule has 8 heteroatoms. The highest BCUT2D eigenvalue weighted by Crippen LogP contribution is 2.22. The van der Waals surface area contributed by atoms with Crippen molar-refractivity contribution in [2.75, 3.05) is 14.2 Å². The molecule has 0 N–H and O–H groups in total. The minimum absolute atomic E-state index is 0. The van der Waals surface area contributed by atoms with E-state index in [4.69, 9.17) is 14.2 Å². The maximum atomic E-state index is 12.1. The topological polar surface area (TPSA) is 70.6 Å². The summed E-state index contributed by atoms with van der Waals surface area (Å²) in [5, 5.41) is 0. The number of aryl methyl sites for hydroxylation is 1. The lowest BCUT2D eigenvalue weighted by Crippen LogP contribution is -3.00. The largest absolute Gasteiger partial charge is 1.00 e. The molecule has 0 fully saturated rings. The lowest BCUT2D eigenvalue weighted by atomic mass is 10.1. The van der Waals surface area contributed by atoms with Crippen LogP contribution in [-0.4, -0.2) is 30.7 Å². The van der Waals surface area contributed by atoms with Crippen LogP contribution in [0.25, 0.3) is 0 Å². The molecule has 0 radical (unpaired) electrons. The summed E-state index contributed by atoms with van der Waals surface area (Å²) in [6, 6.07) is 6.68. The highest BCUT2D eigenvalue weighted by Gasteiger charge is 2.26. The highest BCUT2D eigenvalue weighted by atomic mass is 79.9. The Labute approximate surface area is 150 Å². The van der Waals surface area contributed by atoms with E-state index in [0.717, 1.165) is 0 Å². The number of esters is 2. The van der Waals surface area contributed by atoms with Gasteiger partial charge in [-0.05, 0) is 12.1 Å². The maximum Gasteiger partial charge on any atom is 0.351 e. The van der Waals surface area contributed by atoms with E-state index in [2.05, 4.69) is 0 Å². The SMILES string of the molecule is COC(=O)C(OC(=O)C[n+]1ccn(C)c1)c1ccc(OC)cc1.[Br-]. The summed E-state index contributed by atoms with van der Waals surface area (Å²) in [5.41, 5.74) is 0.518. The number of ether oxygens (including phenoxy) is 3. The fourth-order valence-corrected chi connectivity index (χ4v) is 2.05. The highest BCUT2D eigenvalue weighted by molar-refractivity contribution is 5.80. The molecule has 1 unspecified atom stereocenters. The van der Waals surface area contributed by atoms with Crippen molar-refractivity contribution in [1.82, 2.24) is 4.57 Å². The number of halogens is 1. The second-order valence-corrected chi connectivity index (χ2v) is 4.92. The molecule has 7 nitrogen and oxygen atoms in total. The molecule has 2 rings (SSSR count). The number of hydrogen-bond acceptors (Lipinski definition) is 5. The van der Waals surface area contributed by atoms with Crippen LogP contribution in [0, 0.1) is 0 Å². The summed E-state index contributed by atoms with van der Waals surface area (Å²) in [5.74, 6) is -0.530. The number of carbonyl (C=O) groups excluding carboxylic acids is 2. The summed E-state index contributed by atoms with van der Waals surface area (Å²) < 4.78 is 18.5. The first-order chi connectivity index (χ1) is 11.0. The molecule has 1 heterocycles. The Morgan fingerprint density at radius 3 is 2.38 bits per heavy atom. The van der Waals surface area contributed by atoms with Crippen LogP contribution < -0.4 is 26.3 Å². The molecule has 0 saturated heterocycles. The van der Waals surface area contributed by atoms with Gasteiger partial charge in [0.05, 0.1) is 21.3 Å². The predicted molar refractivity (Wildman–Crippen MR) is 79.5 cm³/mol. The fraction of sp³-hybridized carbons (Fsp3) is 0.312. The monoisotopic (exact) mass is 398 g/mol. The molecule has 0 aliphatic rings. The summed E-state index contributed by atoms with van der Waals surface area (Å²) in [4.78, 5) is 24.0. The van der Waals surface area contributed by atoms with E-state index in [-0.39, 0.29) is 23.5 Å². The van der Waals surface area contributed by atoms with E-state index in [1.54, 1.807) is 59.2 Å². The molecule has 0 spiro atoms. The van der Waals surface area contributed by atoms with Crippen LogP contribution in [0.3, 0.4) is 0 Å². The Kier molecular flexibility index (Phi) is 7.44. The van der Waals surface area contributed by atoms with Crippen molar-refractivity contribution >= 4 is 11.9 Å². The van der Waals surface area contributed by atoms with Crippen LogP contribution in [0.2, 0.25) is 0 Å². The number of hydrogen-bond donors (Lipinski definition) is 0. The maximum absolute atomic E-state index is 12.1. The van der Waals surface area contributed by atoms with E-state index in [1.807, 2.05) is 7.05 Å². The standard InChI is InChI=1S/C16H19N2O5.BrH/c1-17-8-9-18(11-17)10-14(19)23-15(16(20)22-3)12-4-6-13(21-2)7-5-12;/h4-9,11,15H,10H2,1-3H3;1H/q+1;/p-1. The van der Waals surface area contributed by atoms with Crippen molar-refractivity contribution < 1.29 is 45.3 Å². The second kappa shape index (κ2) is 9.07. The van der Waals surface area contributed by atoms with Crippen LogP contribution in [0.4, 0.5) is 0 Å². The molecular formula is C16H19BrN2O5. The fourth-order valence-electron chi connectivity index (χ4n) is 2.05. The van der Waals surface area contributed by atoms with Crippen molar-refractivity contribution in [3.8, 4) is 5.75 Å². The third kappa shape index (κ3) is 5.09. The van der Waals surface area contributed by atoms with E-state index < -0.39 is 18.0 Å². The van der Waals surface area contributed by atoms with Gasteiger partial charge in [-0.2, -0.15) is 0 Å². The van der Waals surface area contributed by atoms with E-state index in [0.29, 0.717) is 11.3 Å². The molecule has 1 aromatic heterocycles. The lowest BCUT2D eigenvalue weighted by Gasteiger charge is -2.15. The normalized spacial score (nSPS) is 11.1. The summed E-state index contributed by atoms with van der Waals surface area (Å²) >= 11 is 0. The van der Waals surface area contributed by atoms with Crippen molar-refractivity contribution in [2.24, 2.45) is 7.05 Å². The van der Waals surface area contributed by atoms with Crippen molar-refractivity contribution in [2.45, 2.75) is 12.6 Å². The molecule has 2 aromatic rings. The van der Waals surface area contributed by atoms with E-state index >= 15 is 0 Å². The Bertz CT molecular complexity index is 684. The van der Waals surface area contributed by atoms with Gasteiger partial charge in [0, 0.05) is 5.56 Å². The number of benzene rings is 1. The molecule has 0 aliphatic carbocycles. The van der Waals surface area contributed by atoms with E-state index in [9.17, 15) is 9.59 Å². The lowest BCUT2D eigenvalue weighted by molar-refractivity contribution is -0.685. The van der Waals surface area contributed by atoms with Crippen molar-refractivity contribution in [3.05, 3.63) is 48.5 Å². The average molecular weight is 399 g/mol. The zero-order chi connectivity index (χ0) is 16.8. The van der Waals surface area contributed by atoms with Crippen LogP contribution in [0.5, 0.6) is 5.75 Å². The minimum Gasteiger partial charge on any atom is -1.00 e. The first kappa shape index (κ1) is 19.7. The van der Waals surface area contributed by atoms with Gasteiger partial charge in [0.1, 0.15) is 18.1 Å². The Morgan fingerprint density at radius 1 is 1.21 bits per heavy atom. The van der Waals surface area contributed by atoms with Crippen LogP contribution in [-0.2, 0) is 32.7 Å². The Morgan fingerprint density at radius 2 is 1.88 bits per heavy atom. The van der Waals surface area contributed by atoms with Gasteiger partial charge in [0.25, 0.3) is 0 Å². The third-order valence-corrected chi connectivity index (χ3v) is 3.22. The predicted octanol–water partition coefficient (Wildman–Crippen LogP) is -2.22. The molecule has 1 atom stereocenters. The van der Waals surface area contributed by atoms with Gasteiger partial charge < -0.3 is 31.2 Å². The zero-order valence-corrected chi connectivity index (χ0v) is 15.2. The molecule has 0 saturated carbocycles. The van der Waals surface area contributed by atoms with Crippen LogP contribution >= 0.6 is 0 Å². The molecular weight excluding hydrogens is 380 g/mol. The zero-order valence-electron chi connectivity index (χ0n) is 13.6. The van der Waals surface area contributed by atoms with Gasteiger partial charge in [-0.15, -0.1) is 0 Å². The number of methoxy groups -OCH3 is 2. The van der Waals surface area contributed by atoms with Gasteiger partial charge in [0.15, 0.2) is 6.54 Å². The van der Waals surface area contributed by atoms with Crippen LogP contribution in [0.15, 0.2) is 43.0 Å². The number of imidazole rings is 1. The van der Waals surface area contributed by atoms with Gasteiger partial charge in [0.2, 0.25) is 12.4 Å². The quantitative estimate of drug-likeness (QED) is 0.407. The smallest absolute Gasteiger partial charge is 0.351 e. The van der Waals surface area contributed by atoms with Crippen LogP contribution in [0.1, 0.15) is 11.7 Å². The second-order valence-electron chi connectivity index (χ2n) is 4.92. The van der Waals surface area contributed by atoms with Crippen molar-refractivity contribution in [3.63, 3.8) is 0 Å². The third-order valence-electron chi connectivity index (χ3n) is 3.22. The van der Waals surface area contributed by atoms with Gasteiger partial charge in [-0.3, -0.25) is 0 Å². The first-order valence-corrected chi connectivity index (χ1v) is 6.95. The number of carbonyl (C=O) groups is 2. The molecule has 1 aromatic carbocycles. The first-order valence-electron chi connectivity index (χ1n) is 6.95. The van der Waals surface area contributed by atoms with Gasteiger partial charge >= 0.3 is 11.9 Å². The van der Waals surface area contributed by atoms with Gasteiger partial charge in [-0.1, -0.05) is 12.1 Å². The molecule has 24 heavy (non-hydrogen) atoms. The Hall–Kier alpha value is -2.35. The Balaban J connectivity index is 0.00000288. The average Bonchev–Trinajstić information content (AvgIpc) is 2.97. The number of rotatable bonds is 6. The molecule has 130 valence electrons. The van der Waals surface area contributed by atoms with E-state index in [1.165, 1.54) is 7.11 Å². The van der Waals surface area contributed by atoms with Gasteiger partial charge in [-0.25, -0.2) is 18.7 Å². The van der Waals surface area contributed by atoms with Crippen molar-refractivity contribution in [1.29, 1.82) is 0 Å². The number of nitrogens with zero attached hydrogens (tertiary/aromatic N) is 2. The molecule has 0 aliphatic heterocycles. The molecule has 0 bridgehead atoms.